The van der Waals surface area contributed by atoms with Crippen molar-refractivity contribution in [2.45, 2.75) is 38.3 Å². The van der Waals surface area contributed by atoms with Gasteiger partial charge >= 0.3 is 0 Å². The van der Waals surface area contributed by atoms with Gasteiger partial charge in [-0.05, 0) is 41.3 Å². The summed E-state index contributed by atoms with van der Waals surface area (Å²) in [5, 5.41) is 2.98. The Morgan fingerprint density at radius 2 is 2.35 bits per heavy atom. The van der Waals surface area contributed by atoms with Crippen molar-refractivity contribution in [3.63, 3.8) is 0 Å². The average molecular weight is 338 g/mol. The van der Waals surface area contributed by atoms with Crippen LogP contribution in [0.2, 0.25) is 0 Å². The van der Waals surface area contributed by atoms with Crippen molar-refractivity contribution in [1.29, 1.82) is 0 Å². The standard InChI is InChI=1S/C13H16BrN5O/c14-8-6-10-12(16-7-8)19(13(15)18-10)5-1-2-11(20)17-9-3-4-9/h6-7,9H,1-5H2,(H2,15,18)(H,17,20). The SMILES string of the molecule is Nc1nc2cc(Br)cnc2n1CCCC(=O)NC1CC1. The maximum atomic E-state index is 11.6. The Kier molecular flexibility index (Phi) is 3.60. The Balaban J connectivity index is 1.64. The summed E-state index contributed by atoms with van der Waals surface area (Å²) in [7, 11) is 0. The number of imidazole rings is 1. The van der Waals surface area contributed by atoms with Crippen molar-refractivity contribution in [3.8, 4) is 0 Å². The van der Waals surface area contributed by atoms with E-state index < -0.39 is 0 Å². The van der Waals surface area contributed by atoms with Crippen LogP contribution in [0, 0.1) is 0 Å². The molecule has 6 nitrogen and oxygen atoms in total. The maximum absolute atomic E-state index is 11.6. The highest BCUT2D eigenvalue weighted by Gasteiger charge is 2.22. The fourth-order valence-electron chi connectivity index (χ4n) is 2.15. The zero-order valence-corrected chi connectivity index (χ0v) is 12.6. The first-order valence-electron chi connectivity index (χ1n) is 6.70. The lowest BCUT2D eigenvalue weighted by molar-refractivity contribution is -0.121. The molecule has 3 rings (SSSR count). The number of carbonyl (C=O) groups is 1. The van der Waals surface area contributed by atoms with E-state index in [-0.39, 0.29) is 5.91 Å². The van der Waals surface area contributed by atoms with Crippen molar-refractivity contribution in [2.75, 3.05) is 5.73 Å². The molecule has 20 heavy (non-hydrogen) atoms. The molecule has 0 unspecified atom stereocenters. The number of hydrogen-bond acceptors (Lipinski definition) is 4. The molecule has 2 aromatic rings. The summed E-state index contributed by atoms with van der Waals surface area (Å²) in [6, 6.07) is 2.30. The lowest BCUT2D eigenvalue weighted by Crippen LogP contribution is -2.25. The van der Waals surface area contributed by atoms with E-state index in [1.807, 2.05) is 10.6 Å². The number of nitrogens with two attached hydrogens (primary N) is 1. The van der Waals surface area contributed by atoms with Crippen molar-refractivity contribution < 1.29 is 4.79 Å². The first-order chi connectivity index (χ1) is 9.63. The quantitative estimate of drug-likeness (QED) is 0.871. The van der Waals surface area contributed by atoms with Gasteiger partial charge in [-0.15, -0.1) is 0 Å². The topological polar surface area (TPSA) is 85.8 Å². The summed E-state index contributed by atoms with van der Waals surface area (Å²) in [6.07, 6.45) is 5.19. The zero-order chi connectivity index (χ0) is 14.1. The number of rotatable bonds is 5. The number of nitrogens with zero attached hydrogens (tertiary/aromatic N) is 3. The van der Waals surface area contributed by atoms with E-state index in [2.05, 4.69) is 31.2 Å². The second-order valence-corrected chi connectivity index (χ2v) is 5.98. The molecule has 2 aromatic heterocycles. The van der Waals surface area contributed by atoms with Gasteiger partial charge in [0.25, 0.3) is 0 Å². The van der Waals surface area contributed by atoms with E-state index in [4.69, 9.17) is 5.73 Å². The summed E-state index contributed by atoms with van der Waals surface area (Å²) in [5.41, 5.74) is 7.43. The van der Waals surface area contributed by atoms with Crippen molar-refractivity contribution >= 4 is 38.9 Å². The number of aromatic nitrogens is 3. The number of carbonyl (C=O) groups excluding carboxylic acids is 1. The monoisotopic (exact) mass is 337 g/mol. The second-order valence-electron chi connectivity index (χ2n) is 5.06. The first kappa shape index (κ1) is 13.4. The molecule has 0 spiro atoms. The molecular formula is C13H16BrN5O. The number of nitrogens with one attached hydrogen (secondary N) is 1. The van der Waals surface area contributed by atoms with Gasteiger partial charge in [-0.3, -0.25) is 9.36 Å². The molecule has 1 fully saturated rings. The smallest absolute Gasteiger partial charge is 0.220 e. The summed E-state index contributed by atoms with van der Waals surface area (Å²) in [6.45, 7) is 0.648. The largest absolute Gasteiger partial charge is 0.369 e. The summed E-state index contributed by atoms with van der Waals surface area (Å²) < 4.78 is 2.73. The molecule has 1 amide bonds. The van der Waals surface area contributed by atoms with Gasteiger partial charge < -0.3 is 11.1 Å². The third kappa shape index (κ3) is 2.92. The summed E-state index contributed by atoms with van der Waals surface area (Å²) in [4.78, 5) is 20.2. The molecule has 0 radical (unpaired) electrons. The molecular weight excluding hydrogens is 322 g/mol. The van der Waals surface area contributed by atoms with Crippen LogP contribution in [0.1, 0.15) is 25.7 Å². The Morgan fingerprint density at radius 3 is 3.10 bits per heavy atom. The van der Waals surface area contributed by atoms with Gasteiger partial charge in [-0.25, -0.2) is 9.97 Å². The van der Waals surface area contributed by atoms with Crippen LogP contribution in [-0.4, -0.2) is 26.5 Å². The van der Waals surface area contributed by atoms with Crippen molar-refractivity contribution in [2.24, 2.45) is 0 Å². The van der Waals surface area contributed by atoms with Gasteiger partial charge in [0, 0.05) is 29.7 Å². The molecule has 7 heteroatoms. The number of halogens is 1. The van der Waals surface area contributed by atoms with Gasteiger partial charge in [-0.1, -0.05) is 0 Å². The third-order valence-electron chi connectivity index (χ3n) is 3.31. The number of fused-ring (bicyclic) bond motifs is 1. The number of amides is 1. The predicted octanol–water partition coefficient (Wildman–Crippen LogP) is 1.83. The highest BCUT2D eigenvalue weighted by Crippen LogP contribution is 2.21. The molecule has 106 valence electrons. The van der Waals surface area contributed by atoms with E-state index in [1.54, 1.807) is 6.20 Å². The Labute approximate surface area is 124 Å². The van der Waals surface area contributed by atoms with Gasteiger partial charge in [0.15, 0.2) is 5.65 Å². The average Bonchev–Trinajstić information content (AvgIpc) is 3.14. The molecule has 3 N–H and O–H groups in total. The van der Waals surface area contributed by atoms with Gasteiger partial charge in [0.2, 0.25) is 11.9 Å². The van der Waals surface area contributed by atoms with E-state index in [9.17, 15) is 4.79 Å². The van der Waals surface area contributed by atoms with E-state index in [0.29, 0.717) is 25.0 Å². The van der Waals surface area contributed by atoms with Crippen LogP contribution in [0.15, 0.2) is 16.7 Å². The van der Waals surface area contributed by atoms with Crippen LogP contribution in [0.5, 0.6) is 0 Å². The van der Waals surface area contributed by atoms with Crippen molar-refractivity contribution in [1.82, 2.24) is 19.9 Å². The minimum Gasteiger partial charge on any atom is -0.369 e. The first-order valence-corrected chi connectivity index (χ1v) is 7.49. The number of aryl methyl sites for hydroxylation is 1. The highest BCUT2D eigenvalue weighted by molar-refractivity contribution is 9.10. The summed E-state index contributed by atoms with van der Waals surface area (Å²) >= 11 is 3.36. The van der Waals surface area contributed by atoms with Crippen LogP contribution < -0.4 is 11.1 Å². The van der Waals surface area contributed by atoms with Gasteiger partial charge in [0.05, 0.1) is 0 Å². The molecule has 0 saturated heterocycles. The normalized spacial score (nSPS) is 14.7. The minimum atomic E-state index is 0.117. The number of hydrogen-bond donors (Lipinski definition) is 2. The Hall–Kier alpha value is -1.63. The fourth-order valence-corrected chi connectivity index (χ4v) is 2.47. The van der Waals surface area contributed by atoms with Crippen LogP contribution in [0.3, 0.4) is 0 Å². The molecule has 1 aliphatic carbocycles. The minimum absolute atomic E-state index is 0.117. The van der Waals surface area contributed by atoms with Crippen LogP contribution in [0.4, 0.5) is 5.95 Å². The van der Waals surface area contributed by atoms with Gasteiger partial charge in [0.1, 0.15) is 5.52 Å². The number of anilines is 1. The fraction of sp³-hybridized carbons (Fsp3) is 0.462. The lowest BCUT2D eigenvalue weighted by Gasteiger charge is -2.06. The number of pyridine rings is 1. The Bertz CT molecular complexity index is 649. The predicted molar refractivity (Wildman–Crippen MR) is 80.0 cm³/mol. The molecule has 0 atom stereocenters. The van der Waals surface area contributed by atoms with Gasteiger partial charge in [-0.2, -0.15) is 0 Å². The highest BCUT2D eigenvalue weighted by atomic mass is 79.9. The lowest BCUT2D eigenvalue weighted by atomic mass is 10.3. The molecule has 0 aromatic carbocycles. The molecule has 0 bridgehead atoms. The molecule has 0 aliphatic heterocycles. The van der Waals surface area contributed by atoms with E-state index in [0.717, 1.165) is 34.9 Å². The van der Waals surface area contributed by atoms with Crippen LogP contribution in [0.25, 0.3) is 11.2 Å². The second kappa shape index (κ2) is 5.40. The number of nitrogen functional groups attached to an aromatic ring is 1. The van der Waals surface area contributed by atoms with E-state index in [1.165, 1.54) is 0 Å². The van der Waals surface area contributed by atoms with Crippen molar-refractivity contribution in [3.05, 3.63) is 16.7 Å². The molecule has 1 saturated carbocycles. The van der Waals surface area contributed by atoms with Crippen LogP contribution >= 0.6 is 15.9 Å². The molecule has 2 heterocycles. The maximum Gasteiger partial charge on any atom is 0.220 e. The Morgan fingerprint density at radius 1 is 1.55 bits per heavy atom. The van der Waals surface area contributed by atoms with Crippen LogP contribution in [-0.2, 0) is 11.3 Å². The third-order valence-corrected chi connectivity index (χ3v) is 3.74. The summed E-state index contributed by atoms with van der Waals surface area (Å²) in [5.74, 6) is 0.555. The zero-order valence-electron chi connectivity index (χ0n) is 11.0. The molecule has 1 aliphatic rings. The van der Waals surface area contributed by atoms with E-state index >= 15 is 0 Å².